The van der Waals surface area contributed by atoms with E-state index in [1.807, 2.05) is 58.0 Å². The molecular formula is C31H42N4O6. The van der Waals surface area contributed by atoms with Gasteiger partial charge in [-0.3, -0.25) is 19.2 Å². The summed E-state index contributed by atoms with van der Waals surface area (Å²) in [5.74, 6) is -2.44. The zero-order valence-electron chi connectivity index (χ0n) is 24.4. The molecule has 0 aliphatic heterocycles. The van der Waals surface area contributed by atoms with Crippen LogP contribution in [0.4, 0.5) is 0 Å². The lowest BCUT2D eigenvalue weighted by Gasteiger charge is -2.24. The molecule has 0 spiro atoms. The number of rotatable bonds is 15. The number of esters is 1. The lowest BCUT2D eigenvalue weighted by Crippen LogP contribution is -2.55. The summed E-state index contributed by atoms with van der Waals surface area (Å²) in [5.41, 5.74) is 1.26. The van der Waals surface area contributed by atoms with Crippen LogP contribution in [0, 0.1) is 11.8 Å². The first kappa shape index (κ1) is 33.0. The van der Waals surface area contributed by atoms with Gasteiger partial charge in [-0.2, -0.15) is 0 Å². The third-order valence-electron chi connectivity index (χ3n) is 6.23. The average Bonchev–Trinajstić information content (AvgIpc) is 2.94. The summed E-state index contributed by atoms with van der Waals surface area (Å²) in [5, 5.41) is 10.7. The van der Waals surface area contributed by atoms with Gasteiger partial charge in [-0.05, 0) is 42.4 Å². The molecule has 0 fully saturated rings. The van der Waals surface area contributed by atoms with Crippen molar-refractivity contribution in [3.05, 3.63) is 71.8 Å². The molecule has 0 saturated heterocycles. The molecule has 222 valence electrons. The van der Waals surface area contributed by atoms with Crippen molar-refractivity contribution in [3.8, 4) is 0 Å². The van der Waals surface area contributed by atoms with E-state index < -0.39 is 41.8 Å². The Morgan fingerprint density at radius 3 is 1.76 bits per heavy atom. The summed E-state index contributed by atoms with van der Waals surface area (Å²) in [4.78, 5) is 64.0. The summed E-state index contributed by atoms with van der Waals surface area (Å²) >= 11 is 0. The first-order valence-corrected chi connectivity index (χ1v) is 13.8. The zero-order chi connectivity index (χ0) is 30.4. The van der Waals surface area contributed by atoms with Gasteiger partial charge in [0.05, 0.1) is 13.7 Å². The highest BCUT2D eigenvalue weighted by Crippen LogP contribution is 2.10. The quantitative estimate of drug-likeness (QED) is 0.244. The molecule has 3 atom stereocenters. The van der Waals surface area contributed by atoms with Crippen molar-refractivity contribution in [2.24, 2.45) is 11.8 Å². The predicted molar refractivity (Wildman–Crippen MR) is 156 cm³/mol. The van der Waals surface area contributed by atoms with E-state index >= 15 is 0 Å². The smallest absolute Gasteiger partial charge is 0.328 e. The third kappa shape index (κ3) is 11.8. The second-order valence-corrected chi connectivity index (χ2v) is 10.8. The molecule has 0 saturated carbocycles. The molecule has 4 N–H and O–H groups in total. The number of hydrogen-bond donors (Lipinski definition) is 4. The van der Waals surface area contributed by atoms with E-state index in [9.17, 15) is 24.0 Å². The van der Waals surface area contributed by atoms with Crippen LogP contribution in [-0.4, -0.2) is 61.4 Å². The molecule has 0 aromatic heterocycles. The van der Waals surface area contributed by atoms with Gasteiger partial charge in [-0.25, -0.2) is 4.79 Å². The van der Waals surface area contributed by atoms with Gasteiger partial charge in [0.2, 0.25) is 17.7 Å². The highest BCUT2D eigenvalue weighted by Gasteiger charge is 2.29. The van der Waals surface area contributed by atoms with Gasteiger partial charge in [0.1, 0.15) is 18.1 Å². The molecule has 0 unspecified atom stereocenters. The topological polar surface area (TPSA) is 143 Å². The molecular weight excluding hydrogens is 524 g/mol. The second kappa shape index (κ2) is 16.8. The van der Waals surface area contributed by atoms with Crippen LogP contribution in [0.25, 0.3) is 0 Å². The van der Waals surface area contributed by atoms with E-state index in [4.69, 9.17) is 4.74 Å². The largest absolute Gasteiger partial charge is 0.467 e. The Morgan fingerprint density at radius 2 is 1.22 bits per heavy atom. The van der Waals surface area contributed by atoms with Crippen LogP contribution in [-0.2, 0) is 30.3 Å². The minimum absolute atomic E-state index is 0.0509. The van der Waals surface area contributed by atoms with E-state index in [1.54, 1.807) is 30.3 Å². The number of methoxy groups -OCH3 is 1. The second-order valence-electron chi connectivity index (χ2n) is 10.8. The highest BCUT2D eigenvalue weighted by molar-refractivity contribution is 5.98. The molecule has 10 heteroatoms. The Hall–Kier alpha value is -4.21. The Bertz CT molecular complexity index is 1150. The minimum atomic E-state index is -0.939. The molecule has 2 aromatic rings. The summed E-state index contributed by atoms with van der Waals surface area (Å²) in [6.45, 7) is 7.27. The fourth-order valence-electron chi connectivity index (χ4n) is 4.23. The highest BCUT2D eigenvalue weighted by atomic mass is 16.5. The van der Waals surface area contributed by atoms with Gasteiger partial charge in [-0.1, -0.05) is 76.2 Å². The zero-order valence-corrected chi connectivity index (χ0v) is 24.4. The average molecular weight is 567 g/mol. The fraction of sp³-hybridized carbons (Fsp3) is 0.452. The van der Waals surface area contributed by atoms with E-state index in [-0.39, 0.29) is 30.7 Å². The fourth-order valence-corrected chi connectivity index (χ4v) is 4.23. The van der Waals surface area contributed by atoms with Crippen molar-refractivity contribution >= 4 is 29.6 Å². The van der Waals surface area contributed by atoms with Gasteiger partial charge in [0.15, 0.2) is 0 Å². The molecule has 41 heavy (non-hydrogen) atoms. The molecule has 4 amide bonds. The van der Waals surface area contributed by atoms with Gasteiger partial charge in [0, 0.05) is 12.0 Å². The van der Waals surface area contributed by atoms with E-state index in [2.05, 4.69) is 21.3 Å². The Morgan fingerprint density at radius 1 is 0.683 bits per heavy atom. The van der Waals surface area contributed by atoms with Crippen LogP contribution in [0.15, 0.2) is 60.7 Å². The predicted octanol–water partition coefficient (Wildman–Crippen LogP) is 2.38. The van der Waals surface area contributed by atoms with Gasteiger partial charge in [0.25, 0.3) is 5.91 Å². The normalized spacial score (nSPS) is 13.0. The SMILES string of the molecule is COC(=O)[C@H](Cc1ccccc1)NC(=O)[C@H](CC(C)C)NC(=O)CNC(=O)[C@H](CC(C)C)NC(=O)c1ccccc1. The van der Waals surface area contributed by atoms with Gasteiger partial charge < -0.3 is 26.0 Å². The Labute approximate surface area is 242 Å². The van der Waals surface area contributed by atoms with Crippen LogP contribution in [0.3, 0.4) is 0 Å². The summed E-state index contributed by atoms with van der Waals surface area (Å²) < 4.78 is 4.88. The minimum Gasteiger partial charge on any atom is -0.467 e. The molecule has 0 aliphatic carbocycles. The summed E-state index contributed by atoms with van der Waals surface area (Å²) in [6.07, 6.45) is 0.915. The van der Waals surface area contributed by atoms with Crippen molar-refractivity contribution in [1.82, 2.24) is 21.3 Å². The van der Waals surface area contributed by atoms with Crippen molar-refractivity contribution in [3.63, 3.8) is 0 Å². The van der Waals surface area contributed by atoms with Gasteiger partial charge >= 0.3 is 5.97 Å². The Kier molecular flexibility index (Phi) is 13.5. The number of nitrogens with one attached hydrogen (secondary N) is 4. The van der Waals surface area contributed by atoms with E-state index in [0.717, 1.165) is 5.56 Å². The van der Waals surface area contributed by atoms with Crippen molar-refractivity contribution < 1.29 is 28.7 Å². The number of carbonyl (C=O) groups is 5. The van der Waals surface area contributed by atoms with Crippen LogP contribution in [0.5, 0.6) is 0 Å². The van der Waals surface area contributed by atoms with Gasteiger partial charge in [-0.15, -0.1) is 0 Å². The first-order chi connectivity index (χ1) is 19.5. The molecule has 2 rings (SSSR count). The molecule has 2 aromatic carbocycles. The maximum atomic E-state index is 13.2. The maximum Gasteiger partial charge on any atom is 0.328 e. The third-order valence-corrected chi connectivity index (χ3v) is 6.23. The molecule has 0 bridgehead atoms. The maximum absolute atomic E-state index is 13.2. The van der Waals surface area contributed by atoms with Crippen LogP contribution in [0.2, 0.25) is 0 Å². The lowest BCUT2D eigenvalue weighted by molar-refractivity contribution is -0.145. The van der Waals surface area contributed by atoms with Crippen molar-refractivity contribution in [1.29, 1.82) is 0 Å². The molecule has 10 nitrogen and oxygen atoms in total. The number of ether oxygens (including phenoxy) is 1. The molecule has 0 aliphatic rings. The summed E-state index contributed by atoms with van der Waals surface area (Å²) in [6, 6.07) is 15.0. The van der Waals surface area contributed by atoms with E-state index in [1.165, 1.54) is 7.11 Å². The first-order valence-electron chi connectivity index (χ1n) is 13.8. The molecule has 0 radical (unpaired) electrons. The monoisotopic (exact) mass is 566 g/mol. The lowest BCUT2D eigenvalue weighted by atomic mass is 10.0. The number of hydrogen-bond acceptors (Lipinski definition) is 6. The van der Waals surface area contributed by atoms with Crippen molar-refractivity contribution in [2.45, 2.75) is 65.1 Å². The summed E-state index contributed by atoms with van der Waals surface area (Å²) in [7, 11) is 1.25. The Balaban J connectivity index is 2.03. The number of carbonyl (C=O) groups excluding carboxylic acids is 5. The number of amides is 4. The molecule has 0 heterocycles. The standard InChI is InChI=1S/C31H42N4O6/c1-20(2)16-24(34-28(37)23-14-10-7-11-15-23)29(38)32-19-27(36)33-25(17-21(3)4)30(39)35-26(31(40)41-5)18-22-12-8-6-9-13-22/h6-15,20-21,24-26H,16-19H2,1-5H3,(H,32,38)(H,33,36)(H,34,37)(H,35,39)/t24-,25-,26-/m0/s1. The van der Waals surface area contributed by atoms with E-state index in [0.29, 0.717) is 18.4 Å². The van der Waals surface area contributed by atoms with Crippen LogP contribution < -0.4 is 21.3 Å². The van der Waals surface area contributed by atoms with Crippen molar-refractivity contribution in [2.75, 3.05) is 13.7 Å². The van der Waals surface area contributed by atoms with Crippen LogP contribution >= 0.6 is 0 Å². The van der Waals surface area contributed by atoms with Crippen LogP contribution in [0.1, 0.15) is 56.5 Å². The number of benzene rings is 2.